The van der Waals surface area contributed by atoms with Crippen molar-refractivity contribution < 1.29 is 9.59 Å². The first-order valence-electron chi connectivity index (χ1n) is 12.3. The molecule has 38 heavy (non-hydrogen) atoms. The molecule has 0 bridgehead atoms. The molecule has 3 rings (SSSR count). The predicted molar refractivity (Wildman–Crippen MR) is 161 cm³/mol. The summed E-state index contributed by atoms with van der Waals surface area (Å²) < 4.78 is 0. The molecular weight excluding hydrogens is 582 g/mol. The highest BCUT2D eigenvalue weighted by atomic mass is 35.5. The SMILES string of the molecule is CC[C@@H](C)NC(=O)[C@@H](Cc1ccccc1)N(Cc1c(Cl)cccc1Cl)C(=O)CSCc1ccc(Cl)c(Cl)c1. The van der Waals surface area contributed by atoms with Crippen LogP contribution in [-0.4, -0.2) is 34.6 Å². The topological polar surface area (TPSA) is 49.4 Å². The Morgan fingerprint density at radius 1 is 0.868 bits per heavy atom. The number of halogens is 4. The number of carbonyl (C=O) groups is 2. The van der Waals surface area contributed by atoms with Crippen LogP contribution in [0.4, 0.5) is 0 Å². The number of rotatable bonds is 12. The van der Waals surface area contributed by atoms with Crippen LogP contribution in [0, 0.1) is 0 Å². The second-order valence-corrected chi connectivity index (χ2v) is 11.6. The number of benzene rings is 3. The molecule has 0 spiro atoms. The van der Waals surface area contributed by atoms with E-state index in [4.69, 9.17) is 46.4 Å². The van der Waals surface area contributed by atoms with Gasteiger partial charge in [0, 0.05) is 40.4 Å². The van der Waals surface area contributed by atoms with Crippen molar-refractivity contribution in [1.29, 1.82) is 0 Å². The third kappa shape index (κ3) is 8.82. The molecule has 0 aromatic heterocycles. The fourth-order valence-electron chi connectivity index (χ4n) is 3.82. The van der Waals surface area contributed by atoms with Gasteiger partial charge in [-0.1, -0.05) is 95.8 Å². The predicted octanol–water partition coefficient (Wildman–Crippen LogP) is 8.09. The molecule has 9 heteroatoms. The largest absolute Gasteiger partial charge is 0.352 e. The van der Waals surface area contributed by atoms with Gasteiger partial charge in [-0.25, -0.2) is 0 Å². The number of hydrogen-bond donors (Lipinski definition) is 1. The molecule has 0 heterocycles. The Bertz CT molecular complexity index is 1220. The van der Waals surface area contributed by atoms with Gasteiger partial charge in [0.2, 0.25) is 11.8 Å². The van der Waals surface area contributed by atoms with Crippen molar-refractivity contribution in [2.45, 2.75) is 51.1 Å². The second kappa shape index (κ2) is 15.0. The number of carbonyl (C=O) groups excluding carboxylic acids is 2. The maximum Gasteiger partial charge on any atom is 0.243 e. The van der Waals surface area contributed by atoms with Crippen molar-refractivity contribution in [3.63, 3.8) is 0 Å². The molecule has 0 saturated heterocycles. The smallest absolute Gasteiger partial charge is 0.243 e. The molecule has 0 radical (unpaired) electrons. The molecule has 0 fully saturated rings. The Morgan fingerprint density at radius 3 is 2.18 bits per heavy atom. The summed E-state index contributed by atoms with van der Waals surface area (Å²) in [6.45, 7) is 4.06. The van der Waals surface area contributed by atoms with E-state index in [0.717, 1.165) is 17.5 Å². The number of nitrogens with zero attached hydrogens (tertiary/aromatic N) is 1. The van der Waals surface area contributed by atoms with E-state index >= 15 is 0 Å². The third-order valence-electron chi connectivity index (χ3n) is 6.14. The molecule has 3 aromatic carbocycles. The Balaban J connectivity index is 1.90. The lowest BCUT2D eigenvalue weighted by Crippen LogP contribution is -2.52. The van der Waals surface area contributed by atoms with Crippen LogP contribution in [0.15, 0.2) is 66.7 Å². The average molecular weight is 612 g/mol. The van der Waals surface area contributed by atoms with E-state index < -0.39 is 6.04 Å². The van der Waals surface area contributed by atoms with Gasteiger partial charge in [0.15, 0.2) is 0 Å². The van der Waals surface area contributed by atoms with Crippen LogP contribution in [0.3, 0.4) is 0 Å². The Labute approximate surface area is 249 Å². The van der Waals surface area contributed by atoms with E-state index in [1.54, 1.807) is 35.2 Å². The zero-order valence-corrected chi connectivity index (χ0v) is 25.1. The van der Waals surface area contributed by atoms with Crippen LogP contribution < -0.4 is 5.32 Å². The minimum Gasteiger partial charge on any atom is -0.352 e. The first-order chi connectivity index (χ1) is 18.2. The van der Waals surface area contributed by atoms with Gasteiger partial charge in [-0.2, -0.15) is 0 Å². The average Bonchev–Trinajstić information content (AvgIpc) is 2.90. The zero-order valence-electron chi connectivity index (χ0n) is 21.2. The maximum absolute atomic E-state index is 13.8. The van der Waals surface area contributed by atoms with Gasteiger partial charge < -0.3 is 10.2 Å². The third-order valence-corrected chi connectivity index (χ3v) is 8.58. The highest BCUT2D eigenvalue weighted by molar-refractivity contribution is 7.99. The lowest BCUT2D eigenvalue weighted by atomic mass is 10.0. The van der Waals surface area contributed by atoms with Gasteiger partial charge in [0.1, 0.15) is 6.04 Å². The quantitative estimate of drug-likeness (QED) is 0.225. The molecule has 0 unspecified atom stereocenters. The lowest BCUT2D eigenvalue weighted by molar-refractivity contribution is -0.139. The van der Waals surface area contributed by atoms with Crippen molar-refractivity contribution in [3.8, 4) is 0 Å². The molecule has 3 aromatic rings. The molecular formula is C29H30Cl4N2O2S. The number of thioether (sulfide) groups is 1. The van der Waals surface area contributed by atoms with Crippen LogP contribution in [0.2, 0.25) is 20.1 Å². The number of amides is 2. The standard InChI is InChI=1S/C29H30Cl4N2O2S/c1-3-19(2)34-29(37)27(15-20-8-5-4-6-9-20)35(16-22-23(30)10-7-11-24(22)31)28(36)18-38-17-21-12-13-25(32)26(33)14-21/h4-14,19,27H,3,15-18H2,1-2H3,(H,34,37)/t19-,27-/m1/s1. The minimum atomic E-state index is -0.753. The summed E-state index contributed by atoms with van der Waals surface area (Å²) in [5.41, 5.74) is 2.50. The molecule has 4 nitrogen and oxygen atoms in total. The van der Waals surface area contributed by atoms with E-state index in [0.29, 0.717) is 37.8 Å². The Hall–Kier alpha value is -1.89. The number of hydrogen-bond acceptors (Lipinski definition) is 3. The normalized spacial score (nSPS) is 12.6. The van der Waals surface area contributed by atoms with E-state index in [1.165, 1.54) is 11.8 Å². The van der Waals surface area contributed by atoms with Crippen molar-refractivity contribution in [2.24, 2.45) is 0 Å². The summed E-state index contributed by atoms with van der Waals surface area (Å²) in [5, 5.41) is 4.90. The van der Waals surface area contributed by atoms with Gasteiger partial charge in [-0.3, -0.25) is 9.59 Å². The minimum absolute atomic E-state index is 0.0364. The first kappa shape index (κ1) is 30.6. The van der Waals surface area contributed by atoms with Crippen LogP contribution in [0.25, 0.3) is 0 Å². The van der Waals surface area contributed by atoms with Crippen LogP contribution in [-0.2, 0) is 28.3 Å². The molecule has 0 aliphatic carbocycles. The van der Waals surface area contributed by atoms with Gasteiger partial charge in [0.25, 0.3) is 0 Å². The molecule has 2 atom stereocenters. The number of nitrogens with one attached hydrogen (secondary N) is 1. The van der Waals surface area contributed by atoms with E-state index in [1.807, 2.05) is 50.2 Å². The Morgan fingerprint density at radius 2 is 1.55 bits per heavy atom. The van der Waals surface area contributed by atoms with E-state index in [9.17, 15) is 9.59 Å². The van der Waals surface area contributed by atoms with Crippen LogP contribution in [0.5, 0.6) is 0 Å². The van der Waals surface area contributed by atoms with Gasteiger partial charge in [0.05, 0.1) is 15.8 Å². The highest BCUT2D eigenvalue weighted by Crippen LogP contribution is 2.28. The molecule has 0 saturated carbocycles. The molecule has 2 amide bonds. The fraction of sp³-hybridized carbons (Fsp3) is 0.310. The monoisotopic (exact) mass is 610 g/mol. The summed E-state index contributed by atoms with van der Waals surface area (Å²) in [6, 6.07) is 19.5. The summed E-state index contributed by atoms with van der Waals surface area (Å²) in [7, 11) is 0. The Kier molecular flexibility index (Phi) is 12.1. The van der Waals surface area contributed by atoms with Gasteiger partial charge in [-0.15, -0.1) is 11.8 Å². The second-order valence-electron chi connectivity index (χ2n) is 8.99. The van der Waals surface area contributed by atoms with Crippen LogP contribution >= 0.6 is 58.2 Å². The fourth-order valence-corrected chi connectivity index (χ4v) is 5.51. The van der Waals surface area contributed by atoms with Crippen molar-refractivity contribution in [2.75, 3.05) is 5.75 Å². The molecule has 202 valence electrons. The molecule has 1 N–H and O–H groups in total. The van der Waals surface area contributed by atoms with Crippen molar-refractivity contribution in [1.82, 2.24) is 10.2 Å². The van der Waals surface area contributed by atoms with Gasteiger partial charge >= 0.3 is 0 Å². The maximum atomic E-state index is 13.8. The first-order valence-corrected chi connectivity index (χ1v) is 14.9. The summed E-state index contributed by atoms with van der Waals surface area (Å²) in [5.74, 6) is 0.316. The van der Waals surface area contributed by atoms with Crippen LogP contribution in [0.1, 0.15) is 37.0 Å². The zero-order chi connectivity index (χ0) is 27.7. The van der Waals surface area contributed by atoms with Gasteiger partial charge in [-0.05, 0) is 48.7 Å². The van der Waals surface area contributed by atoms with E-state index in [-0.39, 0.29) is 30.2 Å². The van der Waals surface area contributed by atoms with Crippen molar-refractivity contribution in [3.05, 3.63) is 104 Å². The summed E-state index contributed by atoms with van der Waals surface area (Å²) in [6.07, 6.45) is 1.13. The van der Waals surface area contributed by atoms with Crippen molar-refractivity contribution >= 4 is 70.0 Å². The lowest BCUT2D eigenvalue weighted by Gasteiger charge is -2.32. The van der Waals surface area contributed by atoms with E-state index in [2.05, 4.69) is 5.32 Å². The summed E-state index contributed by atoms with van der Waals surface area (Å²) >= 11 is 26.6. The highest BCUT2D eigenvalue weighted by Gasteiger charge is 2.31. The molecule has 0 aliphatic rings. The summed E-state index contributed by atoms with van der Waals surface area (Å²) in [4.78, 5) is 28.9. The molecule has 0 aliphatic heterocycles.